The molecule has 4 heteroatoms. The van der Waals surface area contributed by atoms with Crippen LogP contribution in [0.3, 0.4) is 0 Å². The third-order valence-corrected chi connectivity index (χ3v) is 17.4. The van der Waals surface area contributed by atoms with Crippen LogP contribution in [-0.2, 0) is 0 Å². The predicted molar refractivity (Wildman–Crippen MR) is 428 cm³/mol. The smallest absolute Gasteiger partial charge is 0.120 e. The quantitative estimate of drug-likeness (QED) is 0.0445. The summed E-state index contributed by atoms with van der Waals surface area (Å²) in [7, 11) is 3.42. The van der Waals surface area contributed by atoms with E-state index in [4.69, 9.17) is 9.47 Å². The summed E-state index contributed by atoms with van der Waals surface area (Å²) < 4.78 is 11.4. The second-order valence-corrected chi connectivity index (χ2v) is 24.1. The number of rotatable bonds is 24. The van der Waals surface area contributed by atoms with Gasteiger partial charge in [-0.3, -0.25) is 0 Å². The lowest BCUT2D eigenvalue weighted by atomic mass is 9.97. The number of hydrogen-bond acceptors (Lipinski definition) is 4. The van der Waals surface area contributed by atoms with Gasteiger partial charge in [-0.25, -0.2) is 0 Å². The molecule has 13 rings (SSSR count). The Bertz CT molecular complexity index is 4620. The van der Waals surface area contributed by atoms with E-state index < -0.39 is 0 Å². The molecule has 4 nitrogen and oxygen atoms in total. The molecule has 13 aromatic carbocycles. The Kier molecular flexibility index (Phi) is 21.7. The van der Waals surface area contributed by atoms with Gasteiger partial charge in [0.05, 0.1) is 14.2 Å². The first-order valence-corrected chi connectivity index (χ1v) is 33.7. The SMILES string of the molecule is COc1cccc(N(c2ccc(C=Cc3ccc(C=CC=C(c4ccccc4)c4ccccc4)cc3)cc2)c2ccc(C=Cc3ccc(C=Cc4ccc(N(c5ccc(C=Cc6ccc(C=CC=C(c7ccccc7)c7ccccc7)cc6)cc5)c5cccc(OC)c5)cc4)cc3)cc2)c1. The van der Waals surface area contributed by atoms with Crippen LogP contribution in [0.1, 0.15) is 77.9 Å². The van der Waals surface area contributed by atoms with E-state index in [1.54, 1.807) is 14.2 Å². The Morgan fingerprint density at radius 1 is 0.210 bits per heavy atom. The zero-order valence-corrected chi connectivity index (χ0v) is 56.1. The number of benzene rings is 13. The van der Waals surface area contributed by atoms with Crippen molar-refractivity contribution in [3.05, 3.63) is 442 Å². The lowest BCUT2D eigenvalue weighted by Crippen LogP contribution is -2.10. The molecule has 0 aliphatic heterocycles. The maximum Gasteiger partial charge on any atom is 0.120 e. The molecule has 0 saturated carbocycles. The molecule has 0 heterocycles. The third-order valence-electron chi connectivity index (χ3n) is 17.4. The molecule has 0 aliphatic carbocycles. The van der Waals surface area contributed by atoms with Gasteiger partial charge in [-0.15, -0.1) is 0 Å². The molecule has 0 bridgehead atoms. The maximum atomic E-state index is 5.69. The first-order chi connectivity index (χ1) is 49.4. The fraction of sp³-hybridized carbons (Fsp3) is 0.0208. The number of ether oxygens (including phenoxy) is 2. The number of nitrogens with zero attached hydrogens (tertiary/aromatic N) is 2. The van der Waals surface area contributed by atoms with Gasteiger partial charge in [-0.2, -0.15) is 0 Å². The van der Waals surface area contributed by atoms with Crippen LogP contribution in [0.25, 0.3) is 71.9 Å². The van der Waals surface area contributed by atoms with Crippen LogP contribution in [0.4, 0.5) is 34.1 Å². The molecule has 0 unspecified atom stereocenters. The predicted octanol–water partition coefficient (Wildman–Crippen LogP) is 25.6. The van der Waals surface area contributed by atoms with Gasteiger partial charge in [0.25, 0.3) is 0 Å². The van der Waals surface area contributed by atoms with Gasteiger partial charge in [0.15, 0.2) is 0 Å². The van der Waals surface area contributed by atoms with Gasteiger partial charge in [-0.05, 0) is 162 Å². The topological polar surface area (TPSA) is 24.9 Å². The minimum Gasteiger partial charge on any atom is -0.497 e. The molecule has 0 fully saturated rings. The number of allylic oxidation sites excluding steroid dienone is 4. The van der Waals surface area contributed by atoms with E-state index in [1.807, 2.05) is 24.3 Å². The number of methoxy groups -OCH3 is 2. The summed E-state index contributed by atoms with van der Waals surface area (Å²) in [4.78, 5) is 4.52. The molecule has 0 saturated heterocycles. The highest BCUT2D eigenvalue weighted by Crippen LogP contribution is 2.39. The summed E-state index contributed by atoms with van der Waals surface area (Å²) in [5, 5.41) is 0. The van der Waals surface area contributed by atoms with Gasteiger partial charge < -0.3 is 19.3 Å². The van der Waals surface area contributed by atoms with Crippen molar-refractivity contribution < 1.29 is 9.47 Å². The van der Waals surface area contributed by atoms with E-state index in [0.29, 0.717) is 0 Å². The van der Waals surface area contributed by atoms with Crippen molar-refractivity contribution in [2.75, 3.05) is 24.0 Å². The molecule has 0 amide bonds. The van der Waals surface area contributed by atoms with Crippen LogP contribution < -0.4 is 19.3 Å². The van der Waals surface area contributed by atoms with E-state index >= 15 is 0 Å². The molecule has 100 heavy (non-hydrogen) atoms. The van der Waals surface area contributed by atoms with Crippen LogP contribution in [0.15, 0.2) is 364 Å². The zero-order chi connectivity index (χ0) is 67.9. The number of anilines is 6. The van der Waals surface area contributed by atoms with E-state index in [1.165, 1.54) is 33.4 Å². The minimum absolute atomic E-state index is 0.797. The van der Waals surface area contributed by atoms with Crippen LogP contribution in [-0.4, -0.2) is 14.2 Å². The lowest BCUT2D eigenvalue weighted by molar-refractivity contribution is 0.415. The molecule has 482 valence electrons. The van der Waals surface area contributed by atoms with Crippen LogP contribution in [0.2, 0.25) is 0 Å². The zero-order valence-electron chi connectivity index (χ0n) is 56.1. The summed E-state index contributed by atoms with van der Waals surface area (Å²) in [6, 6.07) is 119. The highest BCUT2D eigenvalue weighted by molar-refractivity contribution is 5.85. The van der Waals surface area contributed by atoms with Crippen molar-refractivity contribution in [1.82, 2.24) is 0 Å². The molecule has 0 radical (unpaired) electrons. The summed E-state index contributed by atoms with van der Waals surface area (Å²) in [6.45, 7) is 0. The van der Waals surface area contributed by atoms with Crippen LogP contribution in [0, 0.1) is 0 Å². The van der Waals surface area contributed by atoms with Gasteiger partial charge in [-0.1, -0.05) is 340 Å². The fourth-order valence-electron chi connectivity index (χ4n) is 12.0. The molecule has 0 N–H and O–H groups in total. The summed E-state index contributed by atoms with van der Waals surface area (Å²) in [5.74, 6) is 1.59. The summed E-state index contributed by atoms with van der Waals surface area (Å²) in [6.07, 6.45) is 30.3. The Morgan fingerprint density at radius 2 is 0.420 bits per heavy atom. The Labute approximate surface area is 589 Å². The van der Waals surface area contributed by atoms with E-state index in [-0.39, 0.29) is 0 Å². The highest BCUT2D eigenvalue weighted by atomic mass is 16.5. The van der Waals surface area contributed by atoms with E-state index in [2.05, 4.69) is 410 Å². The van der Waals surface area contributed by atoms with Gasteiger partial charge in [0.1, 0.15) is 11.5 Å². The fourth-order valence-corrected chi connectivity index (χ4v) is 12.0. The van der Waals surface area contributed by atoms with Gasteiger partial charge >= 0.3 is 0 Å². The van der Waals surface area contributed by atoms with Crippen molar-refractivity contribution in [1.29, 1.82) is 0 Å². The van der Waals surface area contributed by atoms with Crippen molar-refractivity contribution in [3.8, 4) is 11.5 Å². The average Bonchev–Trinajstić information content (AvgIpc) is 0.863. The lowest BCUT2D eigenvalue weighted by Gasteiger charge is -2.26. The van der Waals surface area contributed by atoms with E-state index in [0.717, 1.165) is 101 Å². The Balaban J connectivity index is 0.629. The first-order valence-electron chi connectivity index (χ1n) is 33.7. The Morgan fingerprint density at radius 3 is 0.640 bits per heavy atom. The molecule has 0 spiro atoms. The van der Waals surface area contributed by atoms with Crippen molar-refractivity contribution in [2.45, 2.75) is 0 Å². The highest BCUT2D eigenvalue weighted by Gasteiger charge is 2.16. The maximum absolute atomic E-state index is 5.69. The standard InChI is InChI=1S/C96H76N2O2/c1-99-93-31-17-29-91(71-93)97(87-63-55-79(56-64-87)51-47-75-39-35-73(36-40-75)19-15-33-95(83-21-7-3-8-22-83)84-23-9-4-10-24-84)89-67-59-81(60-68-89)53-49-77-43-45-78(46-44-77)50-54-82-61-69-90(70-62-82)98(92-30-18-32-94(72-92)100-2)88-65-57-80(58-66-88)52-48-76-41-37-74(38-42-76)20-16-34-96(85-25-11-5-12-26-85)86-27-13-6-14-28-86/h3-72H,1-2H3. The normalized spacial score (nSPS) is 11.5. The average molecular weight is 1290 g/mol. The van der Waals surface area contributed by atoms with Crippen LogP contribution in [0.5, 0.6) is 11.5 Å². The summed E-state index contributed by atoms with van der Waals surface area (Å²) in [5.41, 5.74) is 24.5. The molecule has 0 aliphatic rings. The van der Waals surface area contributed by atoms with Crippen molar-refractivity contribution in [3.63, 3.8) is 0 Å². The second kappa shape index (κ2) is 33.1. The largest absolute Gasteiger partial charge is 0.497 e. The first kappa shape index (κ1) is 65.6. The van der Waals surface area contributed by atoms with Crippen molar-refractivity contribution >= 4 is 106 Å². The number of hydrogen-bond donors (Lipinski definition) is 0. The van der Waals surface area contributed by atoms with Gasteiger partial charge in [0, 0.05) is 46.3 Å². The molecular formula is C96H76N2O2. The molecule has 0 atom stereocenters. The van der Waals surface area contributed by atoms with Crippen molar-refractivity contribution in [2.24, 2.45) is 0 Å². The molecular weight excluding hydrogens is 1210 g/mol. The van der Waals surface area contributed by atoms with Crippen LogP contribution >= 0.6 is 0 Å². The van der Waals surface area contributed by atoms with Gasteiger partial charge in [0.2, 0.25) is 0 Å². The second-order valence-electron chi connectivity index (χ2n) is 24.1. The monoisotopic (exact) mass is 1290 g/mol. The third kappa shape index (κ3) is 17.5. The van der Waals surface area contributed by atoms with E-state index in [9.17, 15) is 0 Å². The molecule has 13 aromatic rings. The summed E-state index contributed by atoms with van der Waals surface area (Å²) >= 11 is 0. The molecule has 0 aromatic heterocycles. The minimum atomic E-state index is 0.797. The Hall–Kier alpha value is -13.0.